The third kappa shape index (κ3) is 2.76. The zero-order valence-corrected chi connectivity index (χ0v) is 13.0. The van der Waals surface area contributed by atoms with E-state index < -0.39 is 0 Å². The molecule has 0 radical (unpaired) electrons. The number of aryl methyl sites for hydroxylation is 2. The Labute approximate surface area is 127 Å². The second-order valence-corrected chi connectivity index (χ2v) is 6.82. The second-order valence-electron chi connectivity index (χ2n) is 5.24. The van der Waals surface area contributed by atoms with Gasteiger partial charge in [-0.2, -0.15) is 0 Å². The van der Waals surface area contributed by atoms with E-state index in [1.807, 2.05) is 24.5 Å². The van der Waals surface area contributed by atoms with Crippen molar-refractivity contribution in [3.05, 3.63) is 56.0 Å². The maximum absolute atomic E-state index is 13.5. The highest BCUT2D eigenvalue weighted by Crippen LogP contribution is 2.34. The van der Waals surface area contributed by atoms with Gasteiger partial charge >= 0.3 is 0 Å². The van der Waals surface area contributed by atoms with Crippen LogP contribution >= 0.6 is 22.9 Å². The maximum atomic E-state index is 13.5. The Bertz CT molecular complexity index is 601. The van der Waals surface area contributed by atoms with Gasteiger partial charge in [-0.25, -0.2) is 4.39 Å². The topological polar surface area (TPSA) is 12.0 Å². The summed E-state index contributed by atoms with van der Waals surface area (Å²) in [5.74, 6) is -0.340. The highest BCUT2D eigenvalue weighted by molar-refractivity contribution is 7.12. The van der Waals surface area contributed by atoms with Gasteiger partial charge in [0.2, 0.25) is 0 Å². The lowest BCUT2D eigenvalue weighted by Crippen LogP contribution is -2.17. The molecule has 0 saturated heterocycles. The average Bonchev–Trinajstić information content (AvgIpc) is 3.01. The number of likely N-dealkylation sites (N-methyl/N-ethyl adjacent to an activating group) is 1. The molecule has 1 aliphatic rings. The fraction of sp³-hybridized carbons (Fsp3) is 0.375. The van der Waals surface area contributed by atoms with Crippen molar-refractivity contribution in [3.8, 4) is 0 Å². The molecule has 1 N–H and O–H groups in total. The van der Waals surface area contributed by atoms with Crippen LogP contribution in [0.4, 0.5) is 4.39 Å². The zero-order chi connectivity index (χ0) is 14.1. The Balaban J connectivity index is 1.80. The summed E-state index contributed by atoms with van der Waals surface area (Å²) in [6, 6.07) is 7.63. The first kappa shape index (κ1) is 14.1. The van der Waals surface area contributed by atoms with Crippen LogP contribution in [0.1, 0.15) is 33.3 Å². The Kier molecular flexibility index (Phi) is 4.11. The minimum Gasteiger partial charge on any atom is -0.312 e. The number of thiophene rings is 1. The lowest BCUT2D eigenvalue weighted by atomic mass is 10.0. The first-order chi connectivity index (χ1) is 9.67. The molecule has 20 heavy (non-hydrogen) atoms. The third-order valence-corrected chi connectivity index (χ3v) is 5.54. The maximum Gasteiger partial charge on any atom is 0.142 e. The summed E-state index contributed by atoms with van der Waals surface area (Å²) in [5, 5.41) is 3.53. The zero-order valence-electron chi connectivity index (χ0n) is 11.4. The largest absolute Gasteiger partial charge is 0.312 e. The minimum absolute atomic E-state index is 0.185. The van der Waals surface area contributed by atoms with E-state index in [2.05, 4.69) is 11.4 Å². The summed E-state index contributed by atoms with van der Waals surface area (Å²) >= 11 is 7.63. The Hall–Kier alpha value is -0.900. The number of rotatable bonds is 4. The normalized spacial score (nSPS) is 15.3. The quantitative estimate of drug-likeness (QED) is 0.875. The van der Waals surface area contributed by atoms with Crippen LogP contribution in [0.3, 0.4) is 0 Å². The molecule has 3 rings (SSSR count). The number of fused-ring (bicyclic) bond motifs is 1. The molecule has 4 heteroatoms. The van der Waals surface area contributed by atoms with E-state index in [9.17, 15) is 4.39 Å². The molecule has 1 unspecified atom stereocenters. The van der Waals surface area contributed by atoms with E-state index in [-0.39, 0.29) is 16.9 Å². The van der Waals surface area contributed by atoms with Crippen molar-refractivity contribution in [2.24, 2.45) is 0 Å². The molecule has 1 heterocycles. The molecule has 1 nitrogen and oxygen atoms in total. The van der Waals surface area contributed by atoms with Crippen LogP contribution in [0.2, 0.25) is 5.02 Å². The van der Waals surface area contributed by atoms with Crippen molar-refractivity contribution in [1.82, 2.24) is 5.32 Å². The lowest BCUT2D eigenvalue weighted by Gasteiger charge is -2.15. The number of hydrogen-bond donors (Lipinski definition) is 1. The summed E-state index contributed by atoms with van der Waals surface area (Å²) in [5.41, 5.74) is 2.48. The van der Waals surface area contributed by atoms with Crippen LogP contribution in [0, 0.1) is 5.82 Å². The number of halogens is 2. The molecule has 1 aliphatic carbocycles. The summed E-state index contributed by atoms with van der Waals surface area (Å²) < 4.78 is 13.5. The molecule has 0 saturated carbocycles. The van der Waals surface area contributed by atoms with Crippen LogP contribution in [-0.2, 0) is 19.3 Å². The first-order valence-corrected chi connectivity index (χ1v) is 8.09. The van der Waals surface area contributed by atoms with Crippen LogP contribution in [0.5, 0.6) is 0 Å². The molecule has 1 atom stereocenters. The highest BCUT2D eigenvalue weighted by Gasteiger charge is 2.19. The van der Waals surface area contributed by atoms with E-state index in [0.717, 1.165) is 12.0 Å². The lowest BCUT2D eigenvalue weighted by molar-refractivity contribution is 0.592. The molecule has 0 fully saturated rings. The van der Waals surface area contributed by atoms with E-state index in [1.165, 1.54) is 40.6 Å². The minimum atomic E-state index is -0.340. The van der Waals surface area contributed by atoms with Gasteiger partial charge in [0, 0.05) is 15.8 Å². The van der Waals surface area contributed by atoms with Crippen LogP contribution in [0.25, 0.3) is 0 Å². The van der Waals surface area contributed by atoms with E-state index in [1.54, 1.807) is 6.07 Å². The van der Waals surface area contributed by atoms with Gasteiger partial charge in [0.15, 0.2) is 0 Å². The van der Waals surface area contributed by atoms with Gasteiger partial charge in [-0.3, -0.25) is 0 Å². The third-order valence-electron chi connectivity index (χ3n) is 3.88. The Morgan fingerprint density at radius 3 is 2.90 bits per heavy atom. The number of nitrogens with one attached hydrogen (secondary N) is 1. The van der Waals surface area contributed by atoms with E-state index in [4.69, 9.17) is 11.6 Å². The van der Waals surface area contributed by atoms with Crippen molar-refractivity contribution < 1.29 is 4.39 Å². The predicted molar refractivity (Wildman–Crippen MR) is 83.3 cm³/mol. The van der Waals surface area contributed by atoms with Crippen LogP contribution in [0.15, 0.2) is 24.3 Å². The summed E-state index contributed by atoms with van der Waals surface area (Å²) in [4.78, 5) is 2.88. The highest BCUT2D eigenvalue weighted by atomic mass is 35.5. The molecule has 0 amide bonds. The summed E-state index contributed by atoms with van der Waals surface area (Å²) in [7, 11) is 1.96. The van der Waals surface area contributed by atoms with Gasteiger partial charge < -0.3 is 5.32 Å². The van der Waals surface area contributed by atoms with Gasteiger partial charge in [0.25, 0.3) is 0 Å². The van der Waals surface area contributed by atoms with Crippen molar-refractivity contribution in [2.45, 2.75) is 31.7 Å². The molecule has 0 bridgehead atoms. The smallest absolute Gasteiger partial charge is 0.142 e. The Morgan fingerprint density at radius 2 is 2.20 bits per heavy atom. The molecule has 0 aliphatic heterocycles. The van der Waals surface area contributed by atoms with Gasteiger partial charge in [-0.15, -0.1) is 11.3 Å². The molecule has 106 valence electrons. The molecule has 0 spiro atoms. The van der Waals surface area contributed by atoms with E-state index >= 15 is 0 Å². The standard InChI is InChI=1S/C16H17ClFNS/c1-19-14(8-10-5-6-12(17)13(18)7-10)16-9-11-3-2-4-15(11)20-16/h5-7,9,14,19H,2-4,8H2,1H3. The fourth-order valence-electron chi connectivity index (χ4n) is 2.77. The van der Waals surface area contributed by atoms with E-state index in [0.29, 0.717) is 0 Å². The molecule has 1 aromatic carbocycles. The first-order valence-electron chi connectivity index (χ1n) is 6.90. The van der Waals surface area contributed by atoms with Crippen molar-refractivity contribution in [1.29, 1.82) is 0 Å². The molecule has 1 aromatic heterocycles. The van der Waals surface area contributed by atoms with Crippen molar-refractivity contribution >= 4 is 22.9 Å². The van der Waals surface area contributed by atoms with Crippen molar-refractivity contribution in [2.75, 3.05) is 7.05 Å². The van der Waals surface area contributed by atoms with Gasteiger partial charge in [-0.05, 0) is 62.1 Å². The summed E-state index contributed by atoms with van der Waals surface area (Å²) in [6.07, 6.45) is 4.49. The molecular weight excluding hydrogens is 293 g/mol. The summed E-state index contributed by atoms with van der Waals surface area (Å²) in [6.45, 7) is 0. The Morgan fingerprint density at radius 1 is 1.35 bits per heavy atom. The second kappa shape index (κ2) is 5.84. The van der Waals surface area contributed by atoms with Gasteiger partial charge in [0.05, 0.1) is 5.02 Å². The SMILES string of the molecule is CNC(Cc1ccc(Cl)c(F)c1)c1cc2c(s1)CCC2. The molecule has 2 aromatic rings. The fourth-order valence-corrected chi connectivity index (χ4v) is 4.26. The predicted octanol–water partition coefficient (Wildman–Crippen LogP) is 4.53. The van der Waals surface area contributed by atoms with Crippen LogP contribution < -0.4 is 5.32 Å². The van der Waals surface area contributed by atoms with Gasteiger partial charge in [-0.1, -0.05) is 17.7 Å². The molecular formula is C16H17ClFNS. The van der Waals surface area contributed by atoms with Crippen molar-refractivity contribution in [3.63, 3.8) is 0 Å². The van der Waals surface area contributed by atoms with Crippen LogP contribution in [-0.4, -0.2) is 7.05 Å². The number of benzene rings is 1. The number of hydrogen-bond acceptors (Lipinski definition) is 2. The average molecular weight is 310 g/mol. The monoisotopic (exact) mass is 309 g/mol. The van der Waals surface area contributed by atoms with Gasteiger partial charge in [0.1, 0.15) is 5.82 Å².